The molecule has 0 saturated carbocycles. The fraction of sp³-hybridized carbons (Fsp3) is 0.154. The van der Waals surface area contributed by atoms with Crippen molar-refractivity contribution in [3.05, 3.63) is 53.0 Å². The number of nitrogens with one attached hydrogen (secondary N) is 1. The van der Waals surface area contributed by atoms with Gasteiger partial charge in [-0.25, -0.2) is 14.6 Å². The van der Waals surface area contributed by atoms with Crippen LogP contribution in [-0.2, 0) is 6.61 Å². The fourth-order valence-corrected chi connectivity index (χ4v) is 1.59. The Kier molecular flexibility index (Phi) is 3.99. The molecule has 1 aromatic carbocycles. The number of carbonyl (C=O) groups is 1. The zero-order valence-electron chi connectivity index (χ0n) is 10.6. The summed E-state index contributed by atoms with van der Waals surface area (Å²) in [4.78, 5) is 11.3. The number of carbonyl (C=O) groups excluding carboxylic acids is 1. The van der Waals surface area contributed by atoms with Crippen LogP contribution in [0.3, 0.4) is 0 Å². The molecule has 2 rings (SSSR count). The van der Waals surface area contributed by atoms with Gasteiger partial charge in [-0.05, 0) is 25.1 Å². The van der Waals surface area contributed by atoms with Gasteiger partial charge in [-0.2, -0.15) is 0 Å². The predicted molar refractivity (Wildman–Crippen MR) is 65.8 cm³/mol. The molecule has 0 unspecified atom stereocenters. The Morgan fingerprint density at radius 3 is 2.80 bits per heavy atom. The summed E-state index contributed by atoms with van der Waals surface area (Å²) in [7, 11) is 0. The largest absolute Gasteiger partial charge is 0.486 e. The van der Waals surface area contributed by atoms with Crippen molar-refractivity contribution in [1.29, 1.82) is 0 Å². The number of halogens is 2. The van der Waals surface area contributed by atoms with Crippen molar-refractivity contribution in [2.45, 2.75) is 13.5 Å². The van der Waals surface area contributed by atoms with Crippen LogP contribution >= 0.6 is 0 Å². The lowest BCUT2D eigenvalue weighted by Crippen LogP contribution is -2.29. The highest BCUT2D eigenvalue weighted by Gasteiger charge is 2.14. The first kappa shape index (κ1) is 14.0. The summed E-state index contributed by atoms with van der Waals surface area (Å²) in [5.74, 6) is 3.32. The molecule has 0 aliphatic heterocycles. The predicted octanol–water partition coefficient (Wildman–Crippen LogP) is 2.05. The Morgan fingerprint density at radius 1 is 1.40 bits per heavy atom. The van der Waals surface area contributed by atoms with Gasteiger partial charge in [0.15, 0.2) is 17.3 Å². The first-order valence-corrected chi connectivity index (χ1v) is 5.69. The Hall–Kier alpha value is -2.41. The maximum Gasteiger partial charge on any atom is 0.300 e. The minimum atomic E-state index is -0.800. The minimum absolute atomic E-state index is 0.0181. The molecule has 1 aromatic heterocycles. The summed E-state index contributed by atoms with van der Waals surface area (Å²) >= 11 is 0. The zero-order valence-corrected chi connectivity index (χ0v) is 10.6. The lowest BCUT2D eigenvalue weighted by Gasteiger charge is -2.06. The van der Waals surface area contributed by atoms with Gasteiger partial charge in [0.25, 0.3) is 0 Å². The van der Waals surface area contributed by atoms with E-state index < -0.39 is 17.5 Å². The van der Waals surface area contributed by atoms with Crippen LogP contribution in [0, 0.1) is 18.6 Å². The van der Waals surface area contributed by atoms with Crippen LogP contribution in [0.15, 0.2) is 28.7 Å². The lowest BCUT2D eigenvalue weighted by molar-refractivity contribution is 0.0924. The standard InChI is InChI=1S/C13H12F2N2O3/c1-7-8(4-12(20-7)13(18)17-16)6-19-11-3-2-9(14)5-10(11)15/h2-5H,6,16H2,1H3,(H,17,18). The van der Waals surface area contributed by atoms with Crippen molar-refractivity contribution in [2.24, 2.45) is 5.84 Å². The summed E-state index contributed by atoms with van der Waals surface area (Å²) in [5.41, 5.74) is 2.50. The number of hydrogen-bond acceptors (Lipinski definition) is 4. The van der Waals surface area contributed by atoms with Crippen LogP contribution in [0.5, 0.6) is 5.75 Å². The summed E-state index contributed by atoms with van der Waals surface area (Å²) in [5, 5.41) is 0. The molecule has 1 heterocycles. The number of furan rings is 1. The third-order valence-corrected chi connectivity index (χ3v) is 2.65. The number of rotatable bonds is 4. The topological polar surface area (TPSA) is 77.5 Å². The van der Waals surface area contributed by atoms with Crippen LogP contribution in [0.1, 0.15) is 21.9 Å². The molecule has 0 fully saturated rings. The van der Waals surface area contributed by atoms with E-state index in [1.54, 1.807) is 6.92 Å². The number of hydrogen-bond donors (Lipinski definition) is 2. The van der Waals surface area contributed by atoms with E-state index in [-0.39, 0.29) is 18.1 Å². The molecule has 0 aliphatic carbocycles. The van der Waals surface area contributed by atoms with Crippen LogP contribution in [0.4, 0.5) is 8.78 Å². The molecule has 0 aliphatic rings. The summed E-state index contributed by atoms with van der Waals surface area (Å²) in [6.45, 7) is 1.61. The number of aryl methyl sites for hydroxylation is 1. The molecule has 0 atom stereocenters. The summed E-state index contributed by atoms with van der Waals surface area (Å²) in [6, 6.07) is 4.45. The molecule has 0 spiro atoms. The average Bonchev–Trinajstić information content (AvgIpc) is 2.78. The molecule has 2 aromatic rings. The monoisotopic (exact) mass is 282 g/mol. The van der Waals surface area contributed by atoms with E-state index in [0.29, 0.717) is 11.3 Å². The highest BCUT2D eigenvalue weighted by Crippen LogP contribution is 2.21. The third-order valence-electron chi connectivity index (χ3n) is 2.65. The van der Waals surface area contributed by atoms with E-state index in [1.165, 1.54) is 12.1 Å². The van der Waals surface area contributed by atoms with Crippen LogP contribution in [0.2, 0.25) is 0 Å². The first-order valence-electron chi connectivity index (χ1n) is 5.69. The molecule has 5 nitrogen and oxygen atoms in total. The van der Waals surface area contributed by atoms with Gasteiger partial charge in [-0.1, -0.05) is 0 Å². The summed E-state index contributed by atoms with van der Waals surface area (Å²) in [6.07, 6.45) is 0. The van der Waals surface area contributed by atoms with Crippen LogP contribution < -0.4 is 16.0 Å². The summed E-state index contributed by atoms with van der Waals surface area (Å²) < 4.78 is 36.5. The SMILES string of the molecule is Cc1oc(C(=O)NN)cc1COc1ccc(F)cc1F. The van der Waals surface area contributed by atoms with Gasteiger partial charge in [-0.3, -0.25) is 10.2 Å². The normalized spacial score (nSPS) is 10.4. The fourth-order valence-electron chi connectivity index (χ4n) is 1.59. The number of amides is 1. The van der Waals surface area contributed by atoms with E-state index >= 15 is 0 Å². The molecule has 0 radical (unpaired) electrons. The Balaban J connectivity index is 2.11. The third kappa shape index (κ3) is 2.94. The number of hydrazine groups is 1. The van der Waals surface area contributed by atoms with Crippen molar-refractivity contribution in [3.63, 3.8) is 0 Å². The second-order valence-corrected chi connectivity index (χ2v) is 4.03. The Morgan fingerprint density at radius 2 is 2.15 bits per heavy atom. The van der Waals surface area contributed by atoms with Crippen molar-refractivity contribution in [1.82, 2.24) is 5.43 Å². The molecule has 0 saturated heterocycles. The number of ether oxygens (including phenoxy) is 1. The van der Waals surface area contributed by atoms with Crippen LogP contribution in [-0.4, -0.2) is 5.91 Å². The maximum atomic E-state index is 13.4. The van der Waals surface area contributed by atoms with Crippen molar-refractivity contribution < 1.29 is 22.7 Å². The quantitative estimate of drug-likeness (QED) is 0.511. The first-order chi connectivity index (χ1) is 9.51. The van der Waals surface area contributed by atoms with E-state index in [9.17, 15) is 13.6 Å². The smallest absolute Gasteiger partial charge is 0.300 e. The molecule has 20 heavy (non-hydrogen) atoms. The van der Waals surface area contributed by atoms with Crippen LogP contribution in [0.25, 0.3) is 0 Å². The molecular formula is C13H12F2N2O3. The van der Waals surface area contributed by atoms with Crippen molar-refractivity contribution in [3.8, 4) is 5.75 Å². The second kappa shape index (κ2) is 5.70. The van der Waals surface area contributed by atoms with Gasteiger partial charge < -0.3 is 9.15 Å². The number of nitrogen functional groups attached to an aromatic ring is 1. The Bertz CT molecular complexity index is 641. The lowest BCUT2D eigenvalue weighted by atomic mass is 10.2. The molecule has 0 bridgehead atoms. The van der Waals surface area contributed by atoms with E-state index in [0.717, 1.165) is 12.1 Å². The molecule has 1 amide bonds. The molecule has 3 N–H and O–H groups in total. The van der Waals surface area contributed by atoms with Gasteiger partial charge in [0, 0.05) is 11.6 Å². The highest BCUT2D eigenvalue weighted by atomic mass is 19.1. The zero-order chi connectivity index (χ0) is 14.7. The van der Waals surface area contributed by atoms with Crippen molar-refractivity contribution in [2.75, 3.05) is 0 Å². The number of benzene rings is 1. The average molecular weight is 282 g/mol. The van der Waals surface area contributed by atoms with Crippen molar-refractivity contribution >= 4 is 5.91 Å². The number of nitrogens with two attached hydrogens (primary N) is 1. The van der Waals surface area contributed by atoms with Gasteiger partial charge in [0.05, 0.1) is 0 Å². The van der Waals surface area contributed by atoms with Gasteiger partial charge in [0.1, 0.15) is 18.2 Å². The van der Waals surface area contributed by atoms with E-state index in [2.05, 4.69) is 0 Å². The van der Waals surface area contributed by atoms with Gasteiger partial charge in [0.2, 0.25) is 0 Å². The minimum Gasteiger partial charge on any atom is -0.486 e. The maximum absolute atomic E-state index is 13.4. The molecule has 7 heteroatoms. The van der Waals surface area contributed by atoms with E-state index in [1.807, 2.05) is 5.43 Å². The molecular weight excluding hydrogens is 270 g/mol. The highest BCUT2D eigenvalue weighted by molar-refractivity contribution is 5.91. The molecule has 106 valence electrons. The van der Waals surface area contributed by atoms with Gasteiger partial charge >= 0.3 is 5.91 Å². The van der Waals surface area contributed by atoms with Gasteiger partial charge in [-0.15, -0.1) is 0 Å². The van der Waals surface area contributed by atoms with E-state index in [4.69, 9.17) is 15.0 Å². The Labute approximate surface area is 113 Å². The second-order valence-electron chi connectivity index (χ2n) is 4.03.